The molecule has 2 heterocycles. The molecule has 1 amide bonds. The van der Waals surface area contributed by atoms with Gasteiger partial charge in [0.15, 0.2) is 6.61 Å². The van der Waals surface area contributed by atoms with Crippen LogP contribution in [0.4, 0.5) is 0 Å². The SMILES string of the molecule is COC1CC2CCC(C1)N2C(=O)COc1cccc(C)c1. The molecule has 1 aromatic carbocycles. The third kappa shape index (κ3) is 3.05. The second-order valence-corrected chi connectivity index (χ2v) is 6.12. The predicted octanol–water partition coefficient (Wildman–Crippen LogP) is 2.54. The first-order valence-electron chi connectivity index (χ1n) is 7.71. The topological polar surface area (TPSA) is 38.8 Å². The van der Waals surface area contributed by atoms with E-state index in [-0.39, 0.29) is 12.5 Å². The number of hydrogen-bond acceptors (Lipinski definition) is 3. The second-order valence-electron chi connectivity index (χ2n) is 6.12. The number of methoxy groups -OCH3 is 1. The van der Waals surface area contributed by atoms with E-state index in [4.69, 9.17) is 9.47 Å². The molecule has 2 atom stereocenters. The average molecular weight is 289 g/mol. The minimum atomic E-state index is 0.110. The quantitative estimate of drug-likeness (QED) is 0.855. The fraction of sp³-hybridized carbons (Fsp3) is 0.588. The van der Waals surface area contributed by atoms with Gasteiger partial charge in [-0.2, -0.15) is 0 Å². The van der Waals surface area contributed by atoms with Crippen LogP contribution >= 0.6 is 0 Å². The molecule has 0 saturated carbocycles. The van der Waals surface area contributed by atoms with E-state index in [1.165, 1.54) is 0 Å². The molecule has 21 heavy (non-hydrogen) atoms. The number of fused-ring (bicyclic) bond motifs is 2. The number of rotatable bonds is 4. The van der Waals surface area contributed by atoms with Gasteiger partial charge in [0.1, 0.15) is 5.75 Å². The van der Waals surface area contributed by atoms with Crippen LogP contribution in [0.15, 0.2) is 24.3 Å². The van der Waals surface area contributed by atoms with Gasteiger partial charge in [-0.05, 0) is 50.3 Å². The lowest BCUT2D eigenvalue weighted by Crippen LogP contribution is -2.50. The summed E-state index contributed by atoms with van der Waals surface area (Å²) in [6.07, 6.45) is 4.43. The third-order valence-corrected chi connectivity index (χ3v) is 4.66. The first-order valence-corrected chi connectivity index (χ1v) is 7.71. The Hall–Kier alpha value is -1.55. The largest absolute Gasteiger partial charge is 0.484 e. The molecule has 4 heteroatoms. The Kier molecular flexibility index (Phi) is 4.15. The summed E-state index contributed by atoms with van der Waals surface area (Å²) in [6.45, 7) is 2.15. The van der Waals surface area contributed by atoms with E-state index < -0.39 is 0 Å². The normalized spacial score (nSPS) is 27.7. The van der Waals surface area contributed by atoms with Gasteiger partial charge in [-0.25, -0.2) is 0 Å². The zero-order valence-electron chi connectivity index (χ0n) is 12.7. The van der Waals surface area contributed by atoms with Crippen molar-refractivity contribution in [2.24, 2.45) is 0 Å². The van der Waals surface area contributed by atoms with Gasteiger partial charge in [0.05, 0.1) is 6.10 Å². The van der Waals surface area contributed by atoms with Crippen molar-refractivity contribution < 1.29 is 14.3 Å². The number of nitrogens with zero attached hydrogens (tertiary/aromatic N) is 1. The van der Waals surface area contributed by atoms with Crippen LogP contribution in [0, 0.1) is 6.92 Å². The zero-order valence-corrected chi connectivity index (χ0v) is 12.7. The summed E-state index contributed by atoms with van der Waals surface area (Å²) >= 11 is 0. The van der Waals surface area contributed by atoms with Gasteiger partial charge >= 0.3 is 0 Å². The van der Waals surface area contributed by atoms with Gasteiger partial charge in [-0.3, -0.25) is 4.79 Å². The Bertz CT molecular complexity index is 503. The van der Waals surface area contributed by atoms with E-state index in [9.17, 15) is 4.79 Å². The number of piperidine rings is 1. The fourth-order valence-corrected chi connectivity index (χ4v) is 3.65. The van der Waals surface area contributed by atoms with Crippen LogP contribution in [0.3, 0.4) is 0 Å². The standard InChI is InChI=1S/C17H23NO3/c1-12-4-3-5-15(8-12)21-11-17(19)18-13-6-7-14(18)10-16(9-13)20-2/h3-5,8,13-14,16H,6-7,9-11H2,1-2H3. The minimum absolute atomic E-state index is 0.110. The van der Waals surface area contributed by atoms with Crippen LogP contribution in [-0.4, -0.2) is 42.7 Å². The molecular formula is C17H23NO3. The minimum Gasteiger partial charge on any atom is -0.484 e. The number of benzene rings is 1. The summed E-state index contributed by atoms with van der Waals surface area (Å²) in [4.78, 5) is 14.5. The van der Waals surface area contributed by atoms with Crippen molar-refractivity contribution in [3.05, 3.63) is 29.8 Å². The number of amides is 1. The van der Waals surface area contributed by atoms with Crippen LogP contribution in [0.25, 0.3) is 0 Å². The number of carbonyl (C=O) groups excluding carboxylic acids is 1. The highest BCUT2D eigenvalue weighted by atomic mass is 16.5. The molecule has 114 valence electrons. The molecule has 2 aliphatic heterocycles. The molecule has 1 aromatic rings. The number of carbonyl (C=O) groups is 1. The van der Waals surface area contributed by atoms with E-state index in [1.54, 1.807) is 7.11 Å². The molecule has 2 aliphatic rings. The van der Waals surface area contributed by atoms with Gasteiger partial charge in [-0.1, -0.05) is 12.1 Å². The summed E-state index contributed by atoms with van der Waals surface area (Å²) in [5, 5.41) is 0. The van der Waals surface area contributed by atoms with Gasteiger partial charge in [0.25, 0.3) is 5.91 Å². The van der Waals surface area contributed by atoms with Crippen LogP contribution in [-0.2, 0) is 9.53 Å². The van der Waals surface area contributed by atoms with Crippen molar-refractivity contribution in [2.45, 2.75) is 50.8 Å². The van der Waals surface area contributed by atoms with Gasteiger partial charge in [0.2, 0.25) is 0 Å². The Labute approximate surface area is 126 Å². The monoisotopic (exact) mass is 289 g/mol. The van der Waals surface area contributed by atoms with Crippen LogP contribution in [0.5, 0.6) is 5.75 Å². The smallest absolute Gasteiger partial charge is 0.261 e. The van der Waals surface area contributed by atoms with Crippen molar-refractivity contribution in [2.75, 3.05) is 13.7 Å². The number of ether oxygens (including phenoxy) is 2. The van der Waals surface area contributed by atoms with Gasteiger partial charge < -0.3 is 14.4 Å². The molecule has 0 aliphatic carbocycles. The van der Waals surface area contributed by atoms with Crippen LogP contribution in [0.1, 0.15) is 31.2 Å². The average Bonchev–Trinajstić information content (AvgIpc) is 2.75. The second kappa shape index (κ2) is 6.06. The summed E-state index contributed by atoms with van der Waals surface area (Å²) in [5.74, 6) is 0.876. The maximum absolute atomic E-state index is 12.5. The van der Waals surface area contributed by atoms with E-state index in [0.717, 1.165) is 37.0 Å². The molecule has 2 bridgehead atoms. The van der Waals surface area contributed by atoms with E-state index in [1.807, 2.05) is 36.1 Å². The lowest BCUT2D eigenvalue weighted by Gasteiger charge is -2.38. The maximum atomic E-state index is 12.5. The van der Waals surface area contributed by atoms with Gasteiger partial charge in [0, 0.05) is 19.2 Å². The van der Waals surface area contributed by atoms with Crippen molar-refractivity contribution in [3.63, 3.8) is 0 Å². The van der Waals surface area contributed by atoms with Crippen molar-refractivity contribution >= 4 is 5.91 Å². The number of hydrogen-bond donors (Lipinski definition) is 0. The predicted molar refractivity (Wildman–Crippen MR) is 80.4 cm³/mol. The molecular weight excluding hydrogens is 266 g/mol. The Balaban J connectivity index is 1.59. The summed E-state index contributed by atoms with van der Waals surface area (Å²) in [7, 11) is 1.77. The van der Waals surface area contributed by atoms with Crippen molar-refractivity contribution in [1.82, 2.24) is 4.90 Å². The maximum Gasteiger partial charge on any atom is 0.261 e. The van der Waals surface area contributed by atoms with E-state index in [0.29, 0.717) is 18.2 Å². The fourth-order valence-electron chi connectivity index (χ4n) is 3.65. The highest BCUT2D eigenvalue weighted by Crippen LogP contribution is 2.36. The zero-order chi connectivity index (χ0) is 14.8. The molecule has 2 fully saturated rings. The first kappa shape index (κ1) is 14.4. The highest BCUT2D eigenvalue weighted by Gasteiger charge is 2.43. The highest BCUT2D eigenvalue weighted by molar-refractivity contribution is 5.79. The third-order valence-electron chi connectivity index (χ3n) is 4.66. The Morgan fingerprint density at radius 2 is 2.00 bits per heavy atom. The Morgan fingerprint density at radius 1 is 1.29 bits per heavy atom. The van der Waals surface area contributed by atoms with Crippen LogP contribution < -0.4 is 4.74 Å². The molecule has 0 aromatic heterocycles. The molecule has 0 spiro atoms. The molecule has 0 radical (unpaired) electrons. The van der Waals surface area contributed by atoms with Crippen LogP contribution in [0.2, 0.25) is 0 Å². The molecule has 4 nitrogen and oxygen atoms in total. The summed E-state index contributed by atoms with van der Waals surface area (Å²) in [6, 6.07) is 8.49. The van der Waals surface area contributed by atoms with Crippen molar-refractivity contribution in [3.8, 4) is 5.75 Å². The summed E-state index contributed by atoms with van der Waals surface area (Å²) < 4.78 is 11.1. The Morgan fingerprint density at radius 3 is 2.62 bits per heavy atom. The molecule has 2 saturated heterocycles. The first-order chi connectivity index (χ1) is 10.2. The molecule has 2 unspecified atom stereocenters. The summed E-state index contributed by atoms with van der Waals surface area (Å²) in [5.41, 5.74) is 1.14. The van der Waals surface area contributed by atoms with Crippen molar-refractivity contribution in [1.29, 1.82) is 0 Å². The van der Waals surface area contributed by atoms with Gasteiger partial charge in [-0.15, -0.1) is 0 Å². The molecule has 3 rings (SSSR count). The number of aryl methyl sites for hydroxylation is 1. The lowest BCUT2D eigenvalue weighted by molar-refractivity contribution is -0.140. The lowest BCUT2D eigenvalue weighted by atomic mass is 9.99. The van der Waals surface area contributed by atoms with E-state index in [2.05, 4.69) is 0 Å². The van der Waals surface area contributed by atoms with E-state index >= 15 is 0 Å². The molecule has 0 N–H and O–H groups in total.